The van der Waals surface area contributed by atoms with Gasteiger partial charge < -0.3 is 14.8 Å². The molecule has 2 heterocycles. The van der Waals surface area contributed by atoms with Crippen molar-refractivity contribution in [3.8, 4) is 11.5 Å². The maximum atomic E-state index is 12.4. The normalized spacial score (nSPS) is 11.1. The number of ether oxygens (including phenoxy) is 2. The van der Waals surface area contributed by atoms with Crippen molar-refractivity contribution in [2.24, 2.45) is 7.05 Å². The van der Waals surface area contributed by atoms with Crippen LogP contribution < -0.4 is 20.3 Å². The lowest BCUT2D eigenvalue weighted by molar-refractivity contribution is -0.0514. The molecule has 3 rings (SSSR count). The van der Waals surface area contributed by atoms with E-state index in [1.807, 2.05) is 0 Å². The number of fused-ring (bicyclic) bond motifs is 1. The number of rotatable bonds is 7. The first kappa shape index (κ1) is 17.6. The predicted octanol–water partition coefficient (Wildman–Crippen LogP) is 2.27. The van der Waals surface area contributed by atoms with Gasteiger partial charge in [-0.1, -0.05) is 6.07 Å². The molecule has 0 fully saturated rings. The topological polar surface area (TPSA) is 94.1 Å². The summed E-state index contributed by atoms with van der Waals surface area (Å²) in [6.45, 7) is -0.586. The van der Waals surface area contributed by atoms with Gasteiger partial charge in [-0.15, -0.1) is 0 Å². The molecule has 0 aliphatic rings. The Morgan fingerprint density at radius 3 is 2.88 bits per heavy atom. The van der Waals surface area contributed by atoms with Gasteiger partial charge in [-0.25, -0.2) is 0 Å². The second-order valence-corrected chi connectivity index (χ2v) is 5.37. The molecule has 10 heteroatoms. The molecule has 138 valence electrons. The zero-order valence-electron chi connectivity index (χ0n) is 14.1. The Hall–Kier alpha value is -3.17. The van der Waals surface area contributed by atoms with Crippen LogP contribution in [0.15, 0.2) is 29.2 Å². The van der Waals surface area contributed by atoms with Crippen molar-refractivity contribution >= 4 is 17.0 Å². The van der Waals surface area contributed by atoms with Crippen LogP contribution in [0, 0.1) is 0 Å². The van der Waals surface area contributed by atoms with Crippen LogP contribution in [0.1, 0.15) is 12.5 Å². The number of hydrogen-bond acceptors (Lipinski definition) is 6. The summed E-state index contributed by atoms with van der Waals surface area (Å²) in [5, 5.41) is 7.38. The molecule has 0 saturated heterocycles. The lowest BCUT2D eigenvalue weighted by Gasteiger charge is -2.13. The van der Waals surface area contributed by atoms with Gasteiger partial charge in [0.1, 0.15) is 5.39 Å². The molecule has 3 aromatic rings. The summed E-state index contributed by atoms with van der Waals surface area (Å²) in [5.74, 6) is 0.459. The van der Waals surface area contributed by atoms with E-state index in [0.29, 0.717) is 24.2 Å². The number of aromatic amines is 1. The average Bonchev–Trinajstić information content (AvgIpc) is 2.97. The van der Waals surface area contributed by atoms with Crippen LogP contribution in [-0.2, 0) is 13.6 Å². The highest BCUT2D eigenvalue weighted by atomic mass is 19.3. The molecule has 0 amide bonds. The van der Waals surface area contributed by atoms with E-state index in [9.17, 15) is 13.6 Å². The number of aryl methyl sites for hydroxylation is 1. The van der Waals surface area contributed by atoms with Gasteiger partial charge in [-0.3, -0.25) is 14.5 Å². The minimum Gasteiger partial charge on any atom is -0.490 e. The molecule has 1 aromatic carbocycles. The van der Waals surface area contributed by atoms with Crippen LogP contribution in [0.3, 0.4) is 0 Å². The fraction of sp³-hybridized carbons (Fsp3) is 0.312. The summed E-state index contributed by atoms with van der Waals surface area (Å²) >= 11 is 0. The Morgan fingerprint density at radius 1 is 1.35 bits per heavy atom. The monoisotopic (exact) mass is 365 g/mol. The van der Waals surface area contributed by atoms with E-state index in [2.05, 4.69) is 25.1 Å². The van der Waals surface area contributed by atoms with Gasteiger partial charge in [-0.2, -0.15) is 18.9 Å². The summed E-state index contributed by atoms with van der Waals surface area (Å²) in [4.78, 5) is 18.9. The first-order valence-corrected chi connectivity index (χ1v) is 7.84. The van der Waals surface area contributed by atoms with Gasteiger partial charge in [0.15, 0.2) is 17.1 Å². The molecule has 0 spiro atoms. The average molecular weight is 365 g/mol. The number of H-pyrrole nitrogens is 1. The Balaban J connectivity index is 1.80. The molecule has 0 bridgehead atoms. The van der Waals surface area contributed by atoms with E-state index in [1.54, 1.807) is 26.1 Å². The fourth-order valence-corrected chi connectivity index (χ4v) is 2.43. The van der Waals surface area contributed by atoms with Gasteiger partial charge in [0.05, 0.1) is 12.8 Å². The molecule has 0 unspecified atom stereocenters. The smallest absolute Gasteiger partial charge is 0.387 e. The minimum absolute atomic E-state index is 0.0339. The van der Waals surface area contributed by atoms with E-state index in [4.69, 9.17) is 4.74 Å². The van der Waals surface area contributed by atoms with Crippen LogP contribution in [0.5, 0.6) is 11.5 Å². The molecular formula is C16H17F2N5O3. The number of anilines is 1. The highest BCUT2D eigenvalue weighted by Crippen LogP contribution is 2.30. The van der Waals surface area contributed by atoms with Crippen molar-refractivity contribution in [3.63, 3.8) is 0 Å². The molecule has 0 atom stereocenters. The van der Waals surface area contributed by atoms with Gasteiger partial charge in [0, 0.05) is 13.6 Å². The van der Waals surface area contributed by atoms with Crippen LogP contribution >= 0.6 is 0 Å². The number of halogens is 2. The van der Waals surface area contributed by atoms with Gasteiger partial charge >= 0.3 is 6.61 Å². The maximum Gasteiger partial charge on any atom is 0.387 e. The summed E-state index contributed by atoms with van der Waals surface area (Å²) < 4.78 is 36.2. The summed E-state index contributed by atoms with van der Waals surface area (Å²) in [7, 11) is 1.69. The second kappa shape index (κ2) is 7.38. The lowest BCUT2D eigenvalue weighted by atomic mass is 10.2. The predicted molar refractivity (Wildman–Crippen MR) is 90.7 cm³/mol. The first-order valence-electron chi connectivity index (χ1n) is 7.84. The van der Waals surface area contributed by atoms with Crippen LogP contribution in [0.25, 0.3) is 11.0 Å². The third kappa shape index (κ3) is 3.73. The molecular weight excluding hydrogens is 348 g/mol. The SMILES string of the molecule is CCOc1cc(CNc2nc3c(cnn3C)c(=O)[nH]2)ccc1OC(F)F. The molecule has 8 nitrogen and oxygen atoms in total. The van der Waals surface area contributed by atoms with E-state index in [0.717, 1.165) is 5.56 Å². The van der Waals surface area contributed by atoms with Gasteiger partial charge in [-0.05, 0) is 24.6 Å². The van der Waals surface area contributed by atoms with Crippen LogP contribution in [-0.4, -0.2) is 33.0 Å². The number of alkyl halides is 2. The van der Waals surface area contributed by atoms with Crippen molar-refractivity contribution in [2.75, 3.05) is 11.9 Å². The quantitative estimate of drug-likeness (QED) is 0.667. The summed E-state index contributed by atoms with van der Waals surface area (Å²) in [6.07, 6.45) is 1.45. The van der Waals surface area contributed by atoms with Crippen molar-refractivity contribution in [3.05, 3.63) is 40.3 Å². The Kier molecular flexibility index (Phi) is 5.01. The van der Waals surface area contributed by atoms with Crippen molar-refractivity contribution < 1.29 is 18.3 Å². The molecule has 2 N–H and O–H groups in total. The zero-order chi connectivity index (χ0) is 18.7. The lowest BCUT2D eigenvalue weighted by Crippen LogP contribution is -2.13. The standard InChI is InChI=1S/C16H17F2N5O3/c1-3-25-12-6-9(4-5-11(12)26-15(17)18)7-19-16-21-13-10(14(24)22-16)8-20-23(13)2/h4-6,8,15H,3,7H2,1-2H3,(H2,19,21,22,24). The third-order valence-electron chi connectivity index (χ3n) is 3.59. The van der Waals surface area contributed by atoms with Gasteiger partial charge in [0.2, 0.25) is 5.95 Å². The van der Waals surface area contributed by atoms with E-state index >= 15 is 0 Å². The number of aromatic nitrogens is 4. The number of nitrogens with zero attached hydrogens (tertiary/aromatic N) is 3. The Labute approximate surface area is 146 Å². The summed E-state index contributed by atoms with van der Waals surface area (Å²) in [5.41, 5.74) is 0.885. The minimum atomic E-state index is -2.93. The number of benzene rings is 1. The second-order valence-electron chi connectivity index (χ2n) is 5.37. The highest BCUT2D eigenvalue weighted by molar-refractivity contribution is 5.74. The van der Waals surface area contributed by atoms with Crippen molar-refractivity contribution in [1.82, 2.24) is 19.7 Å². The van der Waals surface area contributed by atoms with Crippen molar-refractivity contribution in [1.29, 1.82) is 0 Å². The molecule has 0 aliphatic heterocycles. The van der Waals surface area contributed by atoms with E-state index < -0.39 is 6.61 Å². The first-order chi connectivity index (χ1) is 12.5. The van der Waals surface area contributed by atoms with Gasteiger partial charge in [0.25, 0.3) is 5.56 Å². The molecule has 2 aromatic heterocycles. The largest absolute Gasteiger partial charge is 0.490 e. The Morgan fingerprint density at radius 2 is 2.15 bits per heavy atom. The third-order valence-corrected chi connectivity index (χ3v) is 3.59. The van der Waals surface area contributed by atoms with Crippen LogP contribution in [0.2, 0.25) is 0 Å². The highest BCUT2D eigenvalue weighted by Gasteiger charge is 2.12. The van der Waals surface area contributed by atoms with Crippen molar-refractivity contribution in [2.45, 2.75) is 20.1 Å². The molecule has 26 heavy (non-hydrogen) atoms. The van der Waals surface area contributed by atoms with E-state index in [-0.39, 0.29) is 23.0 Å². The maximum absolute atomic E-state index is 12.4. The number of hydrogen-bond donors (Lipinski definition) is 2. The van der Waals surface area contributed by atoms with E-state index in [1.165, 1.54) is 16.9 Å². The summed E-state index contributed by atoms with van der Waals surface area (Å²) in [6, 6.07) is 4.62. The molecule has 0 aliphatic carbocycles. The zero-order valence-corrected chi connectivity index (χ0v) is 14.1. The molecule has 0 saturated carbocycles. The molecule has 0 radical (unpaired) electrons. The fourth-order valence-electron chi connectivity index (χ4n) is 2.43. The number of nitrogens with one attached hydrogen (secondary N) is 2. The Bertz CT molecular complexity index is 970. The van der Waals surface area contributed by atoms with Crippen LogP contribution in [0.4, 0.5) is 14.7 Å².